The minimum absolute atomic E-state index is 0.276. The molecule has 2 amide bonds. The van der Waals surface area contributed by atoms with Gasteiger partial charge in [0.25, 0.3) is 0 Å². The second-order valence-corrected chi connectivity index (χ2v) is 4.65. The van der Waals surface area contributed by atoms with Gasteiger partial charge in [-0.3, -0.25) is 9.59 Å². The van der Waals surface area contributed by atoms with E-state index in [4.69, 9.17) is 26.5 Å². The summed E-state index contributed by atoms with van der Waals surface area (Å²) in [6, 6.07) is -2.13. The molecule has 0 aromatic carbocycles. The zero-order valence-corrected chi connectivity index (χ0v) is 12.3. The van der Waals surface area contributed by atoms with Gasteiger partial charge >= 0.3 is 18.1 Å². The number of nitrogens with one attached hydrogen (secondary N) is 1. The van der Waals surface area contributed by atoms with Crippen LogP contribution in [0.1, 0.15) is 20.3 Å². The number of carboxylic acid groups (broad SMARTS) is 2. The number of primary amides is 1. The molecule has 0 aliphatic heterocycles. The predicted molar refractivity (Wildman–Crippen MR) is 69.9 cm³/mol. The van der Waals surface area contributed by atoms with E-state index in [-0.39, 0.29) is 12.3 Å². The highest BCUT2D eigenvalue weighted by Crippen LogP contribution is 2.13. The third kappa shape index (κ3) is 10.9. The number of alkyl halides is 3. The first-order valence-electron chi connectivity index (χ1n) is 6.07. The summed E-state index contributed by atoms with van der Waals surface area (Å²) in [5, 5.41) is 18.2. The molecule has 0 aliphatic rings. The Labute approximate surface area is 128 Å². The number of carboxylic acids is 2. The Morgan fingerprint density at radius 1 is 1.13 bits per heavy atom. The van der Waals surface area contributed by atoms with E-state index in [9.17, 15) is 27.6 Å². The van der Waals surface area contributed by atoms with Crippen LogP contribution in [0.4, 0.5) is 13.2 Å². The molecule has 134 valence electrons. The van der Waals surface area contributed by atoms with Crippen molar-refractivity contribution in [1.29, 1.82) is 0 Å². The summed E-state index contributed by atoms with van der Waals surface area (Å²) >= 11 is 0. The van der Waals surface area contributed by atoms with Crippen molar-refractivity contribution in [2.75, 3.05) is 0 Å². The lowest BCUT2D eigenvalue weighted by Gasteiger charge is -2.19. The van der Waals surface area contributed by atoms with Crippen LogP contribution in [0.5, 0.6) is 0 Å². The molecule has 0 aromatic rings. The summed E-state index contributed by atoms with van der Waals surface area (Å²) in [5.41, 5.74) is 10.2. The molecule has 0 saturated carbocycles. The van der Waals surface area contributed by atoms with Crippen molar-refractivity contribution in [3.8, 4) is 0 Å². The Kier molecular flexibility index (Phi) is 9.57. The number of nitrogens with two attached hydrogens (primary N) is 2. The maximum atomic E-state index is 11.4. The zero-order chi connectivity index (χ0) is 19.0. The Hall–Kier alpha value is -2.37. The molecule has 0 heterocycles. The lowest BCUT2D eigenvalue weighted by atomic mass is 10.0. The van der Waals surface area contributed by atoms with E-state index < -0.39 is 42.0 Å². The van der Waals surface area contributed by atoms with Crippen molar-refractivity contribution in [2.24, 2.45) is 17.4 Å². The van der Waals surface area contributed by atoms with Crippen LogP contribution in [0, 0.1) is 5.92 Å². The van der Waals surface area contributed by atoms with Gasteiger partial charge in [0.15, 0.2) is 0 Å². The molecule has 0 radical (unpaired) electrons. The summed E-state index contributed by atoms with van der Waals surface area (Å²) in [5.74, 6) is -5.58. The van der Waals surface area contributed by atoms with E-state index in [1.807, 2.05) is 0 Å². The normalized spacial score (nSPS) is 13.3. The van der Waals surface area contributed by atoms with E-state index in [1.165, 1.54) is 0 Å². The summed E-state index contributed by atoms with van der Waals surface area (Å²) in [7, 11) is 0. The Morgan fingerprint density at radius 3 is 1.74 bits per heavy atom. The Bertz CT molecular complexity index is 453. The monoisotopic (exact) mass is 345 g/mol. The van der Waals surface area contributed by atoms with Crippen LogP contribution in [0.2, 0.25) is 0 Å². The molecule has 23 heavy (non-hydrogen) atoms. The van der Waals surface area contributed by atoms with Gasteiger partial charge in [0.1, 0.15) is 6.04 Å². The minimum atomic E-state index is -5.08. The first-order chi connectivity index (χ1) is 10.2. The summed E-state index contributed by atoms with van der Waals surface area (Å²) in [4.78, 5) is 41.6. The minimum Gasteiger partial charge on any atom is -0.480 e. The molecule has 0 rings (SSSR count). The lowest BCUT2D eigenvalue weighted by Crippen LogP contribution is -2.51. The van der Waals surface area contributed by atoms with Crippen molar-refractivity contribution in [2.45, 2.75) is 38.5 Å². The van der Waals surface area contributed by atoms with Crippen LogP contribution < -0.4 is 16.8 Å². The van der Waals surface area contributed by atoms with Crippen molar-refractivity contribution in [3.63, 3.8) is 0 Å². The number of rotatable bonds is 6. The van der Waals surface area contributed by atoms with Gasteiger partial charge in [-0.1, -0.05) is 13.8 Å². The third-order valence-electron chi connectivity index (χ3n) is 2.23. The molecule has 0 aromatic heterocycles. The largest absolute Gasteiger partial charge is 0.490 e. The maximum Gasteiger partial charge on any atom is 0.490 e. The molecular formula is C11H18F3N3O6. The van der Waals surface area contributed by atoms with Crippen LogP contribution in [-0.2, 0) is 19.2 Å². The van der Waals surface area contributed by atoms with Gasteiger partial charge in [0.05, 0.1) is 12.5 Å². The molecule has 0 bridgehead atoms. The molecule has 0 unspecified atom stereocenters. The van der Waals surface area contributed by atoms with E-state index in [0.717, 1.165) is 0 Å². The molecular weight excluding hydrogens is 327 g/mol. The number of aliphatic carboxylic acids is 2. The highest BCUT2D eigenvalue weighted by Gasteiger charge is 2.38. The molecule has 0 spiro atoms. The van der Waals surface area contributed by atoms with Gasteiger partial charge in [-0.25, -0.2) is 9.59 Å². The Morgan fingerprint density at radius 2 is 1.52 bits per heavy atom. The first kappa shape index (κ1) is 22.9. The predicted octanol–water partition coefficient (Wildman–Crippen LogP) is -0.952. The SMILES string of the molecule is CC(C)[C@H](NC(=O)[C@@H](N)CC(N)=O)C(=O)O.O=C(O)C(F)(F)F. The van der Waals surface area contributed by atoms with Gasteiger partial charge in [0.2, 0.25) is 11.8 Å². The van der Waals surface area contributed by atoms with Crippen LogP contribution >= 0.6 is 0 Å². The third-order valence-corrected chi connectivity index (χ3v) is 2.23. The molecule has 0 aliphatic carbocycles. The summed E-state index contributed by atoms with van der Waals surface area (Å²) in [6.45, 7) is 3.30. The van der Waals surface area contributed by atoms with Crippen molar-refractivity contribution < 1.29 is 42.6 Å². The van der Waals surface area contributed by atoms with E-state index in [1.54, 1.807) is 13.8 Å². The van der Waals surface area contributed by atoms with E-state index in [2.05, 4.69) is 5.32 Å². The topological polar surface area (TPSA) is 173 Å². The van der Waals surface area contributed by atoms with Crippen LogP contribution in [0.3, 0.4) is 0 Å². The van der Waals surface area contributed by atoms with Crippen LogP contribution in [0.25, 0.3) is 0 Å². The molecule has 7 N–H and O–H groups in total. The number of halogens is 3. The van der Waals surface area contributed by atoms with E-state index in [0.29, 0.717) is 0 Å². The highest BCUT2D eigenvalue weighted by atomic mass is 19.4. The highest BCUT2D eigenvalue weighted by molar-refractivity contribution is 5.90. The van der Waals surface area contributed by atoms with Crippen LogP contribution in [-0.4, -0.2) is 52.2 Å². The summed E-state index contributed by atoms with van der Waals surface area (Å²) < 4.78 is 31.7. The van der Waals surface area contributed by atoms with Gasteiger partial charge in [-0.2, -0.15) is 13.2 Å². The molecule has 0 fully saturated rings. The van der Waals surface area contributed by atoms with Crippen LogP contribution in [0.15, 0.2) is 0 Å². The molecule has 9 nitrogen and oxygen atoms in total. The number of carbonyl (C=O) groups excluding carboxylic acids is 2. The van der Waals surface area contributed by atoms with Gasteiger partial charge in [-0.05, 0) is 5.92 Å². The van der Waals surface area contributed by atoms with Gasteiger partial charge < -0.3 is 27.0 Å². The van der Waals surface area contributed by atoms with Gasteiger partial charge in [-0.15, -0.1) is 0 Å². The average Bonchev–Trinajstić information content (AvgIpc) is 2.33. The van der Waals surface area contributed by atoms with Crippen molar-refractivity contribution in [1.82, 2.24) is 5.32 Å². The fraction of sp³-hybridized carbons (Fsp3) is 0.636. The molecule has 0 saturated heterocycles. The quantitative estimate of drug-likeness (QED) is 0.412. The van der Waals surface area contributed by atoms with Crippen molar-refractivity contribution in [3.05, 3.63) is 0 Å². The van der Waals surface area contributed by atoms with E-state index >= 15 is 0 Å². The zero-order valence-electron chi connectivity index (χ0n) is 12.3. The molecule has 2 atom stereocenters. The number of hydrogen-bond donors (Lipinski definition) is 5. The second kappa shape index (κ2) is 9.61. The Balaban J connectivity index is 0. The number of carbonyl (C=O) groups is 4. The fourth-order valence-electron chi connectivity index (χ4n) is 1.08. The van der Waals surface area contributed by atoms with Crippen molar-refractivity contribution >= 4 is 23.8 Å². The van der Waals surface area contributed by atoms with Gasteiger partial charge in [0, 0.05) is 0 Å². The maximum absolute atomic E-state index is 11.4. The first-order valence-corrected chi connectivity index (χ1v) is 6.07. The average molecular weight is 345 g/mol. The summed E-state index contributed by atoms with van der Waals surface area (Å²) in [6.07, 6.45) is -5.39. The standard InChI is InChI=1S/C9H17N3O4.C2HF3O2/c1-4(2)7(9(15)16)12-8(14)5(10)3-6(11)13;3-2(4,5)1(6)7/h4-5,7H,3,10H2,1-2H3,(H2,11,13)(H,12,14)(H,15,16);(H,6,7)/t5-,7-;/m0./s1. The second-order valence-electron chi connectivity index (χ2n) is 4.65. The number of hydrogen-bond acceptors (Lipinski definition) is 5. The fourth-order valence-corrected chi connectivity index (χ4v) is 1.08. The lowest BCUT2D eigenvalue weighted by molar-refractivity contribution is -0.192. The number of amides is 2. The smallest absolute Gasteiger partial charge is 0.480 e. The molecule has 12 heteroatoms.